The Labute approximate surface area is 422 Å². The van der Waals surface area contributed by atoms with Gasteiger partial charge in [-0.2, -0.15) is 18.2 Å². The van der Waals surface area contributed by atoms with E-state index in [0.29, 0.717) is 11.5 Å². The van der Waals surface area contributed by atoms with E-state index in [1.165, 1.54) is 11.1 Å². The predicted molar refractivity (Wildman–Crippen MR) is 279 cm³/mol. The van der Waals surface area contributed by atoms with Gasteiger partial charge in [-0.15, -0.1) is 29.7 Å². The Balaban J connectivity index is 0.00000533. The van der Waals surface area contributed by atoms with E-state index in [-0.39, 0.29) is 26.5 Å². The number of nitrogens with zero attached hydrogens (tertiary/aromatic N) is 4. The summed E-state index contributed by atoms with van der Waals surface area (Å²) in [7, 11) is 0. The molecule has 0 fully saturated rings. The molecule has 3 aromatic heterocycles. The Hall–Kier alpha value is -8.11. The van der Waals surface area contributed by atoms with Crippen LogP contribution in [0.15, 0.2) is 231 Å². The number of para-hydroxylation sites is 3. The SMILES string of the molecule is CC(C)(Cc1ccnc(-n2c3[c-]c(Oc4[c-]c(-n5[c-][n+](-c6c(-c7ccccc7)cccc6-c6ccccc6)c6ccccc65)ccc4)ccc3c3cc(-c4ccccc4)ccc32)c1)c1ccccc1.[Pt]. The summed E-state index contributed by atoms with van der Waals surface area (Å²) in [5, 5.41) is 2.18. The van der Waals surface area contributed by atoms with Crippen LogP contribution in [0.3, 0.4) is 0 Å². The molecule has 70 heavy (non-hydrogen) atoms. The van der Waals surface area contributed by atoms with Crippen LogP contribution in [0.5, 0.6) is 11.5 Å². The summed E-state index contributed by atoms with van der Waals surface area (Å²) in [6, 6.07) is 85.9. The maximum Gasteiger partial charge on any atom is 0.268 e. The van der Waals surface area contributed by atoms with Crippen LogP contribution in [-0.4, -0.2) is 14.1 Å². The average molecular weight is 1080 g/mol. The summed E-state index contributed by atoms with van der Waals surface area (Å²) < 4.78 is 13.2. The second-order valence-electron chi connectivity index (χ2n) is 18.2. The zero-order valence-corrected chi connectivity index (χ0v) is 40.9. The van der Waals surface area contributed by atoms with Gasteiger partial charge in [0, 0.05) is 44.3 Å². The third kappa shape index (κ3) is 8.33. The van der Waals surface area contributed by atoms with Crippen molar-refractivity contribution in [2.75, 3.05) is 0 Å². The second kappa shape index (κ2) is 18.8. The van der Waals surface area contributed by atoms with Gasteiger partial charge in [-0.25, -0.2) is 4.98 Å². The number of aromatic nitrogens is 4. The van der Waals surface area contributed by atoms with Gasteiger partial charge in [-0.3, -0.25) is 4.57 Å². The Morgan fingerprint density at radius 1 is 0.529 bits per heavy atom. The Bertz CT molecular complexity index is 3750. The van der Waals surface area contributed by atoms with Gasteiger partial charge in [0.05, 0.1) is 16.7 Å². The molecule has 0 saturated heterocycles. The van der Waals surface area contributed by atoms with Crippen LogP contribution >= 0.6 is 0 Å². The van der Waals surface area contributed by atoms with Crippen molar-refractivity contribution in [1.82, 2.24) is 14.1 Å². The van der Waals surface area contributed by atoms with Crippen LogP contribution in [0.4, 0.5) is 0 Å². The predicted octanol–water partition coefficient (Wildman–Crippen LogP) is 15.1. The van der Waals surface area contributed by atoms with Crippen molar-refractivity contribution >= 4 is 32.8 Å². The molecule has 5 nitrogen and oxygen atoms in total. The van der Waals surface area contributed by atoms with E-state index >= 15 is 0 Å². The van der Waals surface area contributed by atoms with Crippen LogP contribution in [-0.2, 0) is 32.9 Å². The molecule has 0 atom stereocenters. The molecule has 0 N–H and O–H groups in total. The number of imidazole rings is 1. The first-order valence-corrected chi connectivity index (χ1v) is 23.4. The van der Waals surface area contributed by atoms with E-state index in [2.05, 4.69) is 246 Å². The van der Waals surface area contributed by atoms with Gasteiger partial charge in [0.25, 0.3) is 6.33 Å². The molecule has 3 heterocycles. The van der Waals surface area contributed by atoms with Crippen molar-refractivity contribution in [3.05, 3.63) is 260 Å². The standard InChI is InChI=1S/C64H46N4O.Pt/c1-64(2,50-25-13-6-14-26-50)43-45-37-38-65-62(39-45)68-58-36-33-49(46-19-7-3-8-20-46)40-57(58)56-35-34-53(42-61(56)68)69-52-28-17-27-51(41-52)66-44-67(60-32-16-15-31-59(60)66)63-54(47-21-9-4-10-22-47)29-18-30-55(63)48-23-11-5-12-24-48;/h3-40H,43H2,1-2H3;/q-2;. The molecule has 0 spiro atoms. The van der Waals surface area contributed by atoms with Crippen LogP contribution in [0.1, 0.15) is 25.0 Å². The fourth-order valence-electron chi connectivity index (χ4n) is 9.86. The molecule has 12 rings (SSSR count). The van der Waals surface area contributed by atoms with E-state index in [1.54, 1.807) is 0 Å². The van der Waals surface area contributed by atoms with Crippen molar-refractivity contribution in [3.63, 3.8) is 0 Å². The van der Waals surface area contributed by atoms with E-state index in [4.69, 9.17) is 9.72 Å². The molecule has 9 aromatic carbocycles. The fourth-order valence-corrected chi connectivity index (χ4v) is 9.86. The summed E-state index contributed by atoms with van der Waals surface area (Å²) in [6.45, 7) is 4.61. The minimum Gasteiger partial charge on any atom is -0.510 e. The second-order valence-corrected chi connectivity index (χ2v) is 18.2. The van der Waals surface area contributed by atoms with Gasteiger partial charge in [-0.05, 0) is 85.6 Å². The third-order valence-electron chi connectivity index (χ3n) is 13.2. The molecule has 0 unspecified atom stereocenters. The van der Waals surface area contributed by atoms with Crippen molar-refractivity contribution in [2.45, 2.75) is 25.7 Å². The normalized spacial score (nSPS) is 11.5. The number of fused-ring (bicyclic) bond motifs is 4. The van der Waals surface area contributed by atoms with Gasteiger partial charge in [0.1, 0.15) is 5.82 Å². The summed E-state index contributed by atoms with van der Waals surface area (Å²) >= 11 is 0. The zero-order chi connectivity index (χ0) is 46.3. The van der Waals surface area contributed by atoms with Crippen molar-refractivity contribution in [3.8, 4) is 62.1 Å². The maximum absolute atomic E-state index is 6.75. The summed E-state index contributed by atoms with van der Waals surface area (Å²) in [4.78, 5) is 5.01. The number of hydrogen-bond donors (Lipinski definition) is 0. The molecule has 0 bridgehead atoms. The number of pyridine rings is 1. The molecule has 0 amide bonds. The largest absolute Gasteiger partial charge is 0.510 e. The molecule has 0 radical (unpaired) electrons. The molecular formula is C64H46N4OPt-2. The van der Waals surface area contributed by atoms with Crippen molar-refractivity contribution in [2.24, 2.45) is 0 Å². The summed E-state index contributed by atoms with van der Waals surface area (Å²) in [5.41, 5.74) is 15.0. The maximum atomic E-state index is 6.75. The quantitative estimate of drug-likeness (QED) is 0.0956. The number of ether oxygens (including phenoxy) is 1. The van der Waals surface area contributed by atoms with Gasteiger partial charge in [-0.1, -0.05) is 195 Å². The first-order valence-electron chi connectivity index (χ1n) is 23.4. The molecule has 6 heteroatoms. The van der Waals surface area contributed by atoms with Crippen LogP contribution < -0.4 is 9.30 Å². The molecule has 0 saturated carbocycles. The van der Waals surface area contributed by atoms with E-state index in [0.717, 1.165) is 89.8 Å². The third-order valence-corrected chi connectivity index (χ3v) is 13.2. The van der Waals surface area contributed by atoms with Crippen LogP contribution in [0.2, 0.25) is 0 Å². The monoisotopic (exact) mass is 1080 g/mol. The van der Waals surface area contributed by atoms with E-state index in [1.807, 2.05) is 30.5 Å². The number of benzene rings is 9. The molecule has 340 valence electrons. The Kier molecular flexibility index (Phi) is 11.9. The van der Waals surface area contributed by atoms with Gasteiger partial charge >= 0.3 is 0 Å². The van der Waals surface area contributed by atoms with Crippen LogP contribution in [0.25, 0.3) is 83.4 Å². The minimum absolute atomic E-state index is 0. The Morgan fingerprint density at radius 2 is 1.16 bits per heavy atom. The molecule has 0 aliphatic carbocycles. The van der Waals surface area contributed by atoms with Crippen molar-refractivity contribution in [1.29, 1.82) is 0 Å². The average Bonchev–Trinajstić information content (AvgIpc) is 3.95. The minimum atomic E-state index is -0.0772. The van der Waals surface area contributed by atoms with Gasteiger partial charge < -0.3 is 13.9 Å². The zero-order valence-electron chi connectivity index (χ0n) is 38.7. The van der Waals surface area contributed by atoms with E-state index in [9.17, 15) is 0 Å². The smallest absolute Gasteiger partial charge is 0.268 e. The summed E-state index contributed by atoms with van der Waals surface area (Å²) in [6.07, 6.45) is 6.55. The number of hydrogen-bond acceptors (Lipinski definition) is 2. The number of rotatable bonds is 11. The molecule has 12 aromatic rings. The van der Waals surface area contributed by atoms with Gasteiger partial charge in [0.15, 0.2) is 0 Å². The molecule has 0 aliphatic heterocycles. The molecular weight excluding hydrogens is 1040 g/mol. The Morgan fingerprint density at radius 3 is 1.87 bits per heavy atom. The van der Waals surface area contributed by atoms with E-state index < -0.39 is 0 Å². The first kappa shape index (κ1) is 44.4. The summed E-state index contributed by atoms with van der Waals surface area (Å²) in [5.74, 6) is 1.97. The molecule has 0 aliphatic rings. The van der Waals surface area contributed by atoms with Crippen LogP contribution in [0, 0.1) is 18.5 Å². The topological polar surface area (TPSA) is 35.9 Å². The fraction of sp³-hybridized carbons (Fsp3) is 0.0625. The first-order chi connectivity index (χ1) is 33.9. The van der Waals surface area contributed by atoms with Gasteiger partial charge in [0.2, 0.25) is 0 Å². The van der Waals surface area contributed by atoms with Crippen molar-refractivity contribution < 1.29 is 30.4 Å².